The molecule has 28 heavy (non-hydrogen) atoms. The van der Waals surface area contributed by atoms with E-state index in [2.05, 4.69) is 9.71 Å². The second kappa shape index (κ2) is 8.44. The van der Waals surface area contributed by atoms with E-state index in [1.165, 1.54) is 24.5 Å². The number of methoxy groups -OCH3 is 1. The minimum atomic E-state index is -3.76. The molecular formula is C19H16ClN3O4S. The van der Waals surface area contributed by atoms with Crippen molar-refractivity contribution in [1.29, 1.82) is 5.26 Å². The quantitative estimate of drug-likeness (QED) is 0.631. The molecule has 3 rings (SSSR count). The summed E-state index contributed by atoms with van der Waals surface area (Å²) in [4.78, 5) is 4.34. The second-order valence-electron chi connectivity index (χ2n) is 5.77. The second-order valence-corrected chi connectivity index (χ2v) is 7.95. The number of oxazole rings is 1. The van der Waals surface area contributed by atoms with Gasteiger partial charge in [-0.25, -0.2) is 18.1 Å². The van der Waals surface area contributed by atoms with Crippen molar-refractivity contribution in [1.82, 2.24) is 9.71 Å². The highest BCUT2D eigenvalue weighted by Crippen LogP contribution is 2.22. The molecule has 0 unspecified atom stereocenters. The predicted octanol–water partition coefficient (Wildman–Crippen LogP) is 3.40. The summed E-state index contributed by atoms with van der Waals surface area (Å²) in [7, 11) is -2.18. The Morgan fingerprint density at radius 1 is 1.25 bits per heavy atom. The maximum absolute atomic E-state index is 12.4. The summed E-state index contributed by atoms with van der Waals surface area (Å²) in [5, 5.41) is 9.19. The van der Waals surface area contributed by atoms with E-state index >= 15 is 0 Å². The minimum absolute atomic E-state index is 0.0208. The molecule has 1 heterocycles. The van der Waals surface area contributed by atoms with Crippen LogP contribution in [0, 0.1) is 11.3 Å². The number of aromatic nitrogens is 1. The van der Waals surface area contributed by atoms with Crippen LogP contribution < -0.4 is 9.46 Å². The molecule has 0 radical (unpaired) electrons. The highest BCUT2D eigenvalue weighted by Gasteiger charge is 2.16. The van der Waals surface area contributed by atoms with E-state index in [1.807, 2.05) is 18.2 Å². The Hall–Kier alpha value is -2.86. The molecule has 0 aliphatic heterocycles. The fraction of sp³-hybridized carbons (Fsp3) is 0.158. The monoisotopic (exact) mass is 417 g/mol. The molecule has 0 saturated carbocycles. The van der Waals surface area contributed by atoms with Crippen LogP contribution in [0.15, 0.2) is 58.0 Å². The number of ether oxygens (including phenoxy) is 1. The fourth-order valence-corrected chi connectivity index (χ4v) is 3.66. The molecule has 0 bridgehead atoms. The first-order valence-corrected chi connectivity index (χ1v) is 10.1. The lowest BCUT2D eigenvalue weighted by Crippen LogP contribution is -2.26. The number of nitrogens with zero attached hydrogens (tertiary/aromatic N) is 2. The maximum Gasteiger partial charge on any atom is 0.240 e. The van der Waals surface area contributed by atoms with Crippen molar-refractivity contribution >= 4 is 21.6 Å². The number of halogens is 1. The molecule has 9 heteroatoms. The van der Waals surface area contributed by atoms with Gasteiger partial charge in [-0.05, 0) is 42.5 Å². The molecule has 3 aromatic rings. The molecule has 0 atom stereocenters. The highest BCUT2D eigenvalue weighted by molar-refractivity contribution is 7.89. The summed E-state index contributed by atoms with van der Waals surface area (Å²) in [6.07, 6.45) is 1.83. The van der Waals surface area contributed by atoms with Gasteiger partial charge in [0.15, 0.2) is 0 Å². The van der Waals surface area contributed by atoms with Crippen LogP contribution in [0.25, 0.3) is 11.5 Å². The number of hydrogen-bond acceptors (Lipinski definition) is 6. The van der Waals surface area contributed by atoms with Crippen molar-refractivity contribution in [3.63, 3.8) is 0 Å². The van der Waals surface area contributed by atoms with E-state index in [9.17, 15) is 8.42 Å². The average Bonchev–Trinajstić information content (AvgIpc) is 3.17. The third-order valence-corrected chi connectivity index (χ3v) is 5.72. The highest BCUT2D eigenvalue weighted by atomic mass is 35.5. The SMILES string of the molecule is COc1ccc(-c2nc(CCNS(=O)(=O)c3ccc(Cl)c(C#N)c3)co2)cc1. The summed E-state index contributed by atoms with van der Waals surface area (Å²) in [5.74, 6) is 1.17. The van der Waals surface area contributed by atoms with Gasteiger partial charge in [0, 0.05) is 18.5 Å². The predicted molar refractivity (Wildman–Crippen MR) is 104 cm³/mol. The summed E-state index contributed by atoms with van der Waals surface area (Å²) in [5.41, 5.74) is 1.50. The van der Waals surface area contributed by atoms with Crippen LogP contribution >= 0.6 is 11.6 Å². The van der Waals surface area contributed by atoms with Gasteiger partial charge < -0.3 is 9.15 Å². The Morgan fingerprint density at radius 2 is 2.00 bits per heavy atom. The van der Waals surface area contributed by atoms with Crippen molar-refractivity contribution in [2.45, 2.75) is 11.3 Å². The number of hydrogen-bond donors (Lipinski definition) is 1. The number of rotatable bonds is 7. The van der Waals surface area contributed by atoms with Gasteiger partial charge in [-0.2, -0.15) is 5.26 Å². The zero-order valence-corrected chi connectivity index (χ0v) is 16.4. The van der Waals surface area contributed by atoms with E-state index in [1.54, 1.807) is 19.2 Å². The van der Waals surface area contributed by atoms with Crippen LogP contribution in [0.4, 0.5) is 0 Å². The number of nitriles is 1. The molecule has 144 valence electrons. The average molecular weight is 418 g/mol. The van der Waals surface area contributed by atoms with E-state index in [-0.39, 0.29) is 22.0 Å². The lowest BCUT2D eigenvalue weighted by atomic mass is 10.2. The molecule has 1 aromatic heterocycles. The molecule has 7 nitrogen and oxygen atoms in total. The first kappa shape index (κ1) is 19.9. The van der Waals surface area contributed by atoms with Gasteiger partial charge >= 0.3 is 0 Å². The Balaban J connectivity index is 1.63. The normalized spacial score (nSPS) is 11.2. The van der Waals surface area contributed by atoms with Gasteiger partial charge in [0.1, 0.15) is 18.1 Å². The van der Waals surface area contributed by atoms with Gasteiger partial charge in [0.25, 0.3) is 0 Å². The molecule has 2 aromatic carbocycles. The van der Waals surface area contributed by atoms with E-state index in [0.717, 1.165) is 11.3 Å². The Morgan fingerprint density at radius 3 is 2.68 bits per heavy atom. The van der Waals surface area contributed by atoms with Crippen LogP contribution in [-0.4, -0.2) is 27.1 Å². The summed E-state index contributed by atoms with van der Waals surface area (Å²) in [6, 6.07) is 13.1. The van der Waals surface area contributed by atoms with Crippen LogP contribution in [0.3, 0.4) is 0 Å². The summed E-state index contributed by atoms with van der Waals surface area (Å²) < 4.78 is 37.8. The standard InChI is InChI=1S/C19H16ClN3O4S/c1-26-16-4-2-13(3-5-16)19-23-15(12-27-19)8-9-22-28(24,25)17-6-7-18(20)14(10-17)11-21/h2-7,10,12,22H,8-9H2,1H3. The molecule has 0 aliphatic carbocycles. The van der Waals surface area contributed by atoms with Crippen LogP contribution in [0.1, 0.15) is 11.3 Å². The van der Waals surface area contributed by atoms with Gasteiger partial charge in [0.2, 0.25) is 15.9 Å². The molecule has 0 aliphatic rings. The van der Waals surface area contributed by atoms with Crippen molar-refractivity contribution < 1.29 is 17.6 Å². The fourth-order valence-electron chi connectivity index (χ4n) is 2.44. The number of nitrogens with one attached hydrogen (secondary N) is 1. The largest absolute Gasteiger partial charge is 0.497 e. The van der Waals surface area contributed by atoms with Gasteiger partial charge in [-0.1, -0.05) is 11.6 Å². The van der Waals surface area contributed by atoms with Crippen LogP contribution in [-0.2, 0) is 16.4 Å². The van der Waals surface area contributed by atoms with Crippen LogP contribution in [0.2, 0.25) is 5.02 Å². The molecule has 0 saturated heterocycles. The lowest BCUT2D eigenvalue weighted by Gasteiger charge is -2.06. The first-order valence-electron chi connectivity index (χ1n) is 8.21. The topological polar surface area (TPSA) is 105 Å². The Bertz CT molecular complexity index is 1120. The third kappa shape index (κ3) is 4.51. The van der Waals surface area contributed by atoms with Crippen molar-refractivity contribution in [3.05, 3.63) is 65.0 Å². The van der Waals surface area contributed by atoms with E-state index < -0.39 is 10.0 Å². The van der Waals surface area contributed by atoms with Gasteiger partial charge in [-0.3, -0.25) is 0 Å². The maximum atomic E-state index is 12.4. The zero-order valence-electron chi connectivity index (χ0n) is 14.8. The summed E-state index contributed by atoms with van der Waals surface area (Å²) in [6.45, 7) is 0.126. The first-order chi connectivity index (χ1) is 13.4. The molecular weight excluding hydrogens is 402 g/mol. The summed E-state index contributed by atoms with van der Waals surface area (Å²) >= 11 is 5.84. The molecule has 0 fully saturated rings. The Labute approximate surface area is 167 Å². The lowest BCUT2D eigenvalue weighted by molar-refractivity contribution is 0.415. The van der Waals surface area contributed by atoms with Crippen molar-refractivity contribution in [3.8, 4) is 23.3 Å². The van der Waals surface area contributed by atoms with Crippen molar-refractivity contribution in [2.75, 3.05) is 13.7 Å². The zero-order chi connectivity index (χ0) is 20.1. The number of sulfonamides is 1. The van der Waals surface area contributed by atoms with E-state index in [4.69, 9.17) is 26.0 Å². The van der Waals surface area contributed by atoms with Gasteiger partial charge in [0.05, 0.1) is 28.3 Å². The smallest absolute Gasteiger partial charge is 0.240 e. The van der Waals surface area contributed by atoms with E-state index in [0.29, 0.717) is 18.0 Å². The molecule has 0 spiro atoms. The Kier molecular flexibility index (Phi) is 5.99. The molecule has 1 N–H and O–H groups in total. The van der Waals surface area contributed by atoms with Crippen molar-refractivity contribution in [2.24, 2.45) is 0 Å². The van der Waals surface area contributed by atoms with Crippen LogP contribution in [0.5, 0.6) is 5.75 Å². The van der Waals surface area contributed by atoms with Gasteiger partial charge in [-0.15, -0.1) is 0 Å². The minimum Gasteiger partial charge on any atom is -0.497 e. The molecule has 0 amide bonds. The number of benzene rings is 2. The third-order valence-electron chi connectivity index (χ3n) is 3.93.